The van der Waals surface area contributed by atoms with E-state index in [0.717, 1.165) is 16.7 Å². The van der Waals surface area contributed by atoms with Crippen molar-refractivity contribution in [1.29, 1.82) is 0 Å². The lowest BCUT2D eigenvalue weighted by Gasteiger charge is -2.07. The zero-order chi connectivity index (χ0) is 9.84. The average molecular weight is 197 g/mol. The van der Waals surface area contributed by atoms with Gasteiger partial charge in [-0.3, -0.25) is 0 Å². The minimum absolute atomic E-state index is 0.374. The molecule has 0 unspecified atom stereocenters. The fraction of sp³-hybridized carbons (Fsp3) is 0.556. The van der Waals surface area contributed by atoms with Crippen molar-refractivity contribution in [3.63, 3.8) is 0 Å². The number of anilines is 1. The molecular formula is C9H15N3S. The molecule has 13 heavy (non-hydrogen) atoms. The second-order valence-electron chi connectivity index (χ2n) is 3.06. The first-order valence-corrected chi connectivity index (χ1v) is 5.50. The fourth-order valence-corrected chi connectivity index (χ4v) is 1.35. The van der Waals surface area contributed by atoms with Crippen LogP contribution in [0.3, 0.4) is 0 Å². The van der Waals surface area contributed by atoms with Crippen molar-refractivity contribution in [3.05, 3.63) is 11.9 Å². The molecule has 0 fully saturated rings. The Kier molecular flexibility index (Phi) is 3.54. The smallest absolute Gasteiger partial charge is 0.134 e. The number of thioether (sulfide) groups is 1. The van der Waals surface area contributed by atoms with Gasteiger partial charge in [-0.25, -0.2) is 9.97 Å². The molecule has 0 aliphatic heterocycles. The number of aromatic nitrogens is 2. The van der Waals surface area contributed by atoms with Gasteiger partial charge in [0, 0.05) is 19.0 Å². The molecule has 0 aliphatic carbocycles. The highest BCUT2D eigenvalue weighted by atomic mass is 32.2. The fourth-order valence-electron chi connectivity index (χ4n) is 0.934. The predicted octanol–water partition coefficient (Wildman–Crippen LogP) is 2.36. The largest absolute Gasteiger partial charge is 0.373 e. The lowest BCUT2D eigenvalue weighted by Crippen LogP contribution is -2.02. The van der Waals surface area contributed by atoms with Crippen molar-refractivity contribution < 1.29 is 0 Å². The summed E-state index contributed by atoms with van der Waals surface area (Å²) < 4.78 is 0. The van der Waals surface area contributed by atoms with Gasteiger partial charge in [-0.1, -0.05) is 13.8 Å². The first-order chi connectivity index (χ1) is 6.17. The highest BCUT2D eigenvalue weighted by Crippen LogP contribution is 2.19. The summed E-state index contributed by atoms with van der Waals surface area (Å²) in [6.07, 6.45) is 2.02. The van der Waals surface area contributed by atoms with Gasteiger partial charge in [0.1, 0.15) is 16.7 Å². The van der Waals surface area contributed by atoms with Crippen LogP contribution in [-0.4, -0.2) is 23.3 Å². The molecule has 0 spiro atoms. The van der Waals surface area contributed by atoms with Gasteiger partial charge in [0.25, 0.3) is 0 Å². The van der Waals surface area contributed by atoms with E-state index in [1.54, 1.807) is 11.8 Å². The summed E-state index contributed by atoms with van der Waals surface area (Å²) in [5.41, 5.74) is 0. The Bertz CT molecular complexity index is 264. The monoisotopic (exact) mass is 197 g/mol. The zero-order valence-corrected chi connectivity index (χ0v) is 9.27. The van der Waals surface area contributed by atoms with Gasteiger partial charge in [0.05, 0.1) is 0 Å². The molecule has 4 heteroatoms. The van der Waals surface area contributed by atoms with Crippen LogP contribution in [0.25, 0.3) is 0 Å². The first kappa shape index (κ1) is 10.3. The van der Waals surface area contributed by atoms with Gasteiger partial charge in [0.15, 0.2) is 0 Å². The Hall–Kier alpha value is -0.770. The van der Waals surface area contributed by atoms with E-state index in [2.05, 4.69) is 29.1 Å². The molecule has 0 atom stereocenters. The first-order valence-electron chi connectivity index (χ1n) is 4.28. The number of nitrogens with one attached hydrogen (secondary N) is 1. The second kappa shape index (κ2) is 4.46. The molecule has 0 saturated carbocycles. The molecule has 1 heterocycles. The molecule has 1 N–H and O–H groups in total. The quantitative estimate of drug-likeness (QED) is 0.596. The molecule has 1 aromatic heterocycles. The third kappa shape index (κ3) is 2.59. The summed E-state index contributed by atoms with van der Waals surface area (Å²) in [6, 6.07) is 1.95. The molecule has 3 nitrogen and oxygen atoms in total. The van der Waals surface area contributed by atoms with Crippen LogP contribution >= 0.6 is 11.8 Å². The molecule has 0 bridgehead atoms. The van der Waals surface area contributed by atoms with Gasteiger partial charge in [-0.05, 0) is 6.26 Å². The van der Waals surface area contributed by atoms with E-state index in [1.165, 1.54) is 0 Å². The van der Waals surface area contributed by atoms with Gasteiger partial charge in [-0.2, -0.15) is 0 Å². The molecule has 72 valence electrons. The maximum absolute atomic E-state index is 4.41. The number of hydrogen-bond acceptors (Lipinski definition) is 4. The third-order valence-corrected chi connectivity index (χ3v) is 2.33. The summed E-state index contributed by atoms with van der Waals surface area (Å²) in [5, 5.41) is 4.05. The lowest BCUT2D eigenvalue weighted by molar-refractivity contribution is 0.755. The van der Waals surface area contributed by atoms with Crippen LogP contribution in [0.15, 0.2) is 11.1 Å². The van der Waals surface area contributed by atoms with Crippen LogP contribution in [0.2, 0.25) is 0 Å². The topological polar surface area (TPSA) is 37.8 Å². The Morgan fingerprint density at radius 2 is 2.08 bits per heavy atom. The predicted molar refractivity (Wildman–Crippen MR) is 57.4 cm³/mol. The van der Waals surface area contributed by atoms with Crippen molar-refractivity contribution >= 4 is 17.6 Å². The van der Waals surface area contributed by atoms with Gasteiger partial charge >= 0.3 is 0 Å². The summed E-state index contributed by atoms with van der Waals surface area (Å²) in [7, 11) is 1.87. The highest BCUT2D eigenvalue weighted by molar-refractivity contribution is 7.98. The third-order valence-electron chi connectivity index (χ3n) is 1.70. The van der Waals surface area contributed by atoms with Crippen LogP contribution in [0.1, 0.15) is 25.6 Å². The van der Waals surface area contributed by atoms with Crippen LogP contribution in [0, 0.1) is 0 Å². The standard InChI is InChI=1S/C9H15N3S/c1-6(2)9-11-7(10-3)5-8(12-9)13-4/h5-6H,1-4H3,(H,10,11,12). The zero-order valence-electron chi connectivity index (χ0n) is 8.46. The SMILES string of the molecule is CNc1cc(SC)nc(C(C)C)n1. The van der Waals surface area contributed by atoms with E-state index in [1.807, 2.05) is 19.4 Å². The maximum Gasteiger partial charge on any atom is 0.134 e. The minimum atomic E-state index is 0.374. The average Bonchev–Trinajstić information content (AvgIpc) is 2.16. The van der Waals surface area contributed by atoms with E-state index in [0.29, 0.717) is 5.92 Å². The van der Waals surface area contributed by atoms with E-state index in [-0.39, 0.29) is 0 Å². The second-order valence-corrected chi connectivity index (χ2v) is 3.88. The molecular weight excluding hydrogens is 182 g/mol. The highest BCUT2D eigenvalue weighted by Gasteiger charge is 2.06. The molecule has 1 rings (SSSR count). The van der Waals surface area contributed by atoms with E-state index in [4.69, 9.17) is 0 Å². The Morgan fingerprint density at radius 1 is 1.38 bits per heavy atom. The van der Waals surface area contributed by atoms with Crippen molar-refractivity contribution in [2.75, 3.05) is 18.6 Å². The normalized spacial score (nSPS) is 10.5. The number of rotatable bonds is 3. The van der Waals surface area contributed by atoms with Crippen molar-refractivity contribution in [1.82, 2.24) is 9.97 Å². The molecule has 0 radical (unpaired) electrons. The Morgan fingerprint density at radius 3 is 2.54 bits per heavy atom. The van der Waals surface area contributed by atoms with Gasteiger partial charge < -0.3 is 5.32 Å². The van der Waals surface area contributed by atoms with Crippen molar-refractivity contribution in [2.24, 2.45) is 0 Å². The molecule has 0 amide bonds. The minimum Gasteiger partial charge on any atom is -0.373 e. The van der Waals surface area contributed by atoms with Crippen LogP contribution in [0.4, 0.5) is 5.82 Å². The summed E-state index contributed by atoms with van der Waals surface area (Å²) in [4.78, 5) is 8.78. The summed E-state index contributed by atoms with van der Waals surface area (Å²) in [6.45, 7) is 4.19. The molecule has 0 aliphatic rings. The van der Waals surface area contributed by atoms with Gasteiger partial charge in [0.2, 0.25) is 0 Å². The van der Waals surface area contributed by atoms with E-state index in [9.17, 15) is 0 Å². The number of nitrogens with zero attached hydrogens (tertiary/aromatic N) is 2. The Labute approximate surface area is 83.4 Å². The van der Waals surface area contributed by atoms with Gasteiger partial charge in [-0.15, -0.1) is 11.8 Å². The Balaban J connectivity index is 3.07. The maximum atomic E-state index is 4.41. The molecule has 0 saturated heterocycles. The van der Waals surface area contributed by atoms with Crippen LogP contribution in [0.5, 0.6) is 0 Å². The lowest BCUT2D eigenvalue weighted by atomic mass is 10.2. The van der Waals surface area contributed by atoms with E-state index >= 15 is 0 Å². The van der Waals surface area contributed by atoms with Crippen molar-refractivity contribution in [3.8, 4) is 0 Å². The van der Waals surface area contributed by atoms with E-state index < -0.39 is 0 Å². The molecule has 1 aromatic rings. The van der Waals surface area contributed by atoms with Crippen LogP contribution in [-0.2, 0) is 0 Å². The van der Waals surface area contributed by atoms with Crippen molar-refractivity contribution in [2.45, 2.75) is 24.8 Å². The number of hydrogen-bond donors (Lipinski definition) is 1. The van der Waals surface area contributed by atoms with Crippen LogP contribution < -0.4 is 5.32 Å². The summed E-state index contributed by atoms with van der Waals surface area (Å²) >= 11 is 1.64. The summed E-state index contributed by atoms with van der Waals surface area (Å²) in [5.74, 6) is 2.17. The molecule has 0 aromatic carbocycles.